The highest BCUT2D eigenvalue weighted by atomic mass is 32.2. The van der Waals surface area contributed by atoms with E-state index in [0.717, 1.165) is 12.1 Å². The molecule has 0 fully saturated rings. The Morgan fingerprint density at radius 1 is 1.41 bits per heavy atom. The number of nitrogens with two attached hydrogens (primary N) is 1. The summed E-state index contributed by atoms with van der Waals surface area (Å²) in [6, 6.07) is 3.34. The summed E-state index contributed by atoms with van der Waals surface area (Å²) in [6.45, 7) is 0. The number of halogens is 1. The average molecular weight is 256 g/mol. The monoisotopic (exact) mass is 256 g/mol. The number of hydrogen-bond donors (Lipinski definition) is 3. The lowest BCUT2D eigenvalue weighted by Crippen LogP contribution is -2.14. The van der Waals surface area contributed by atoms with Gasteiger partial charge in [0.05, 0.1) is 11.9 Å². The number of rotatable bonds is 3. The molecule has 4 N–H and O–H groups in total. The largest absolute Gasteiger partial charge is 0.399 e. The number of aromatic amines is 1. The molecule has 0 saturated heterocycles. The lowest BCUT2D eigenvalue weighted by molar-refractivity contribution is 0.570. The van der Waals surface area contributed by atoms with Gasteiger partial charge in [-0.2, -0.15) is 5.10 Å². The second-order valence-electron chi connectivity index (χ2n) is 3.28. The molecule has 2 rings (SSSR count). The van der Waals surface area contributed by atoms with E-state index in [0.29, 0.717) is 0 Å². The molecule has 0 aliphatic heterocycles. The van der Waals surface area contributed by atoms with Gasteiger partial charge in [0.25, 0.3) is 10.0 Å². The van der Waals surface area contributed by atoms with Gasteiger partial charge >= 0.3 is 0 Å². The summed E-state index contributed by atoms with van der Waals surface area (Å²) in [6.07, 6.45) is 2.60. The van der Waals surface area contributed by atoms with Gasteiger partial charge in [0.1, 0.15) is 10.7 Å². The number of H-pyrrole nitrogens is 1. The Balaban J connectivity index is 2.41. The molecule has 8 heteroatoms. The van der Waals surface area contributed by atoms with Crippen LogP contribution in [0.4, 0.5) is 15.8 Å². The maximum atomic E-state index is 13.4. The van der Waals surface area contributed by atoms with Crippen LogP contribution in [0.2, 0.25) is 0 Å². The van der Waals surface area contributed by atoms with Gasteiger partial charge in [0, 0.05) is 11.9 Å². The molecule has 0 unspecified atom stereocenters. The van der Waals surface area contributed by atoms with Crippen molar-refractivity contribution in [2.75, 3.05) is 10.5 Å². The Morgan fingerprint density at radius 2 is 2.18 bits per heavy atom. The van der Waals surface area contributed by atoms with E-state index in [-0.39, 0.29) is 11.4 Å². The van der Waals surface area contributed by atoms with Crippen LogP contribution in [-0.4, -0.2) is 18.6 Å². The van der Waals surface area contributed by atoms with Crippen molar-refractivity contribution in [2.45, 2.75) is 4.90 Å². The second kappa shape index (κ2) is 4.06. The molecule has 0 bridgehead atoms. The standard InChI is InChI=1S/C9H9FN4O2S/c10-8-2-1-6(11)3-9(8)17(15,16)14-7-4-12-13-5-7/h1-5,14H,11H2,(H,12,13). The molecule has 6 nitrogen and oxygen atoms in total. The summed E-state index contributed by atoms with van der Waals surface area (Å²) in [5.74, 6) is -0.866. The maximum Gasteiger partial charge on any atom is 0.264 e. The first-order valence-corrected chi connectivity index (χ1v) is 6.04. The van der Waals surface area contributed by atoms with Gasteiger partial charge in [-0.3, -0.25) is 9.82 Å². The van der Waals surface area contributed by atoms with Crippen molar-refractivity contribution in [3.05, 3.63) is 36.4 Å². The number of nitrogens with zero attached hydrogens (tertiary/aromatic N) is 1. The third kappa shape index (κ3) is 2.36. The van der Waals surface area contributed by atoms with Crippen LogP contribution in [0.5, 0.6) is 0 Å². The molecule has 2 aromatic rings. The molecule has 0 saturated carbocycles. The molecular formula is C9H9FN4O2S. The highest BCUT2D eigenvalue weighted by Crippen LogP contribution is 2.20. The van der Waals surface area contributed by atoms with Gasteiger partial charge in [-0.25, -0.2) is 12.8 Å². The predicted molar refractivity (Wildman–Crippen MR) is 60.2 cm³/mol. The van der Waals surface area contributed by atoms with Crippen LogP contribution in [0.15, 0.2) is 35.5 Å². The van der Waals surface area contributed by atoms with E-state index in [4.69, 9.17) is 5.73 Å². The number of nitrogen functional groups attached to an aromatic ring is 1. The average Bonchev–Trinajstić information content (AvgIpc) is 2.73. The van der Waals surface area contributed by atoms with Crippen molar-refractivity contribution in [3.8, 4) is 0 Å². The van der Waals surface area contributed by atoms with E-state index in [9.17, 15) is 12.8 Å². The number of anilines is 2. The highest BCUT2D eigenvalue weighted by Gasteiger charge is 2.19. The van der Waals surface area contributed by atoms with Crippen LogP contribution in [0.1, 0.15) is 0 Å². The summed E-state index contributed by atoms with van der Waals surface area (Å²) in [5.41, 5.74) is 5.80. The fourth-order valence-corrected chi connectivity index (χ4v) is 2.39. The van der Waals surface area contributed by atoms with Crippen molar-refractivity contribution < 1.29 is 12.8 Å². The summed E-state index contributed by atoms with van der Waals surface area (Å²) in [7, 11) is -4.00. The van der Waals surface area contributed by atoms with Crippen LogP contribution < -0.4 is 10.5 Å². The van der Waals surface area contributed by atoms with Gasteiger partial charge < -0.3 is 5.73 Å². The van der Waals surface area contributed by atoms with E-state index >= 15 is 0 Å². The van der Waals surface area contributed by atoms with Crippen LogP contribution in [0.3, 0.4) is 0 Å². The van der Waals surface area contributed by atoms with Crippen LogP contribution in [0, 0.1) is 5.82 Å². The van der Waals surface area contributed by atoms with Crippen LogP contribution >= 0.6 is 0 Å². The minimum absolute atomic E-state index is 0.166. The lowest BCUT2D eigenvalue weighted by atomic mass is 10.3. The smallest absolute Gasteiger partial charge is 0.264 e. The normalized spacial score (nSPS) is 11.4. The minimum atomic E-state index is -4.00. The molecular weight excluding hydrogens is 247 g/mol. The minimum Gasteiger partial charge on any atom is -0.399 e. The zero-order chi connectivity index (χ0) is 12.5. The van der Waals surface area contributed by atoms with Crippen molar-refractivity contribution in [1.82, 2.24) is 10.2 Å². The predicted octanol–water partition coefficient (Wildman–Crippen LogP) is 0.932. The molecule has 0 amide bonds. The molecule has 0 radical (unpaired) electrons. The number of nitrogens with one attached hydrogen (secondary N) is 2. The number of hydrogen-bond acceptors (Lipinski definition) is 4. The topological polar surface area (TPSA) is 101 Å². The number of sulfonamides is 1. The molecule has 90 valence electrons. The molecule has 17 heavy (non-hydrogen) atoms. The molecule has 0 spiro atoms. The highest BCUT2D eigenvalue weighted by molar-refractivity contribution is 7.92. The molecule has 1 aromatic heterocycles. The third-order valence-electron chi connectivity index (χ3n) is 2.00. The Bertz CT molecular complexity index is 624. The van der Waals surface area contributed by atoms with Gasteiger partial charge in [0.15, 0.2) is 0 Å². The Labute approximate surface area is 96.7 Å². The van der Waals surface area contributed by atoms with E-state index in [1.807, 2.05) is 0 Å². The SMILES string of the molecule is Nc1ccc(F)c(S(=O)(=O)Nc2cn[nH]c2)c1. The zero-order valence-corrected chi connectivity index (χ0v) is 9.33. The molecule has 0 aliphatic rings. The van der Waals surface area contributed by atoms with Crippen molar-refractivity contribution in [1.29, 1.82) is 0 Å². The lowest BCUT2D eigenvalue weighted by Gasteiger charge is -2.07. The van der Waals surface area contributed by atoms with Crippen molar-refractivity contribution in [2.24, 2.45) is 0 Å². The quantitative estimate of drug-likeness (QED) is 0.711. The first kappa shape index (κ1) is 11.4. The number of aromatic nitrogens is 2. The molecule has 0 aliphatic carbocycles. The molecule has 0 atom stereocenters. The molecule has 1 heterocycles. The van der Waals surface area contributed by atoms with E-state index in [2.05, 4.69) is 14.9 Å². The summed E-state index contributed by atoms with van der Waals surface area (Å²) in [4.78, 5) is -0.501. The summed E-state index contributed by atoms with van der Waals surface area (Å²) in [5, 5.41) is 6.00. The van der Waals surface area contributed by atoms with E-state index < -0.39 is 20.7 Å². The fourth-order valence-electron chi connectivity index (χ4n) is 1.24. The van der Waals surface area contributed by atoms with Gasteiger partial charge in [0.2, 0.25) is 0 Å². The Kier molecular flexibility index (Phi) is 2.72. The fraction of sp³-hybridized carbons (Fsp3) is 0. The Hall–Kier alpha value is -2.09. The number of benzene rings is 1. The van der Waals surface area contributed by atoms with Gasteiger partial charge in [-0.05, 0) is 18.2 Å². The molecule has 1 aromatic carbocycles. The van der Waals surface area contributed by atoms with Gasteiger partial charge in [-0.1, -0.05) is 0 Å². The van der Waals surface area contributed by atoms with Crippen molar-refractivity contribution >= 4 is 21.4 Å². The van der Waals surface area contributed by atoms with Crippen LogP contribution in [0.25, 0.3) is 0 Å². The summed E-state index contributed by atoms with van der Waals surface area (Å²) >= 11 is 0. The second-order valence-corrected chi connectivity index (χ2v) is 4.93. The van der Waals surface area contributed by atoms with Crippen LogP contribution in [-0.2, 0) is 10.0 Å². The van der Waals surface area contributed by atoms with Crippen molar-refractivity contribution in [3.63, 3.8) is 0 Å². The van der Waals surface area contributed by atoms with E-state index in [1.165, 1.54) is 18.5 Å². The first-order chi connectivity index (χ1) is 7.99. The van der Waals surface area contributed by atoms with Gasteiger partial charge in [-0.15, -0.1) is 0 Å². The first-order valence-electron chi connectivity index (χ1n) is 4.56. The third-order valence-corrected chi connectivity index (χ3v) is 3.39. The van der Waals surface area contributed by atoms with E-state index in [1.54, 1.807) is 0 Å². The maximum absolute atomic E-state index is 13.4. The zero-order valence-electron chi connectivity index (χ0n) is 8.51. The summed E-state index contributed by atoms with van der Waals surface area (Å²) < 4.78 is 39.2. The Morgan fingerprint density at radius 3 is 2.82 bits per heavy atom.